The molecule has 1 fully saturated rings. The van der Waals surface area contributed by atoms with Crippen molar-refractivity contribution in [1.82, 2.24) is 24.7 Å². The van der Waals surface area contributed by atoms with Gasteiger partial charge in [-0.05, 0) is 52.7 Å². The predicted molar refractivity (Wildman–Crippen MR) is 140 cm³/mol. The molecule has 0 unspecified atom stereocenters. The van der Waals surface area contributed by atoms with Crippen molar-refractivity contribution in [2.24, 2.45) is 0 Å². The highest BCUT2D eigenvalue weighted by Crippen LogP contribution is 2.38. The van der Waals surface area contributed by atoms with Crippen LogP contribution in [0.4, 0.5) is 0 Å². The van der Waals surface area contributed by atoms with Crippen molar-refractivity contribution >= 4 is 9.84 Å². The molecule has 1 saturated heterocycles. The molecule has 2 aromatic heterocycles. The van der Waals surface area contributed by atoms with Crippen LogP contribution in [0, 0.1) is 6.92 Å². The van der Waals surface area contributed by atoms with E-state index in [9.17, 15) is 8.42 Å². The number of ether oxygens (including phenoxy) is 4. The summed E-state index contributed by atoms with van der Waals surface area (Å²) < 4.78 is 52.7. The average Bonchev–Trinajstić information content (AvgIpc) is 3.56. The van der Waals surface area contributed by atoms with E-state index < -0.39 is 26.9 Å². The molecule has 0 radical (unpaired) electrons. The van der Waals surface area contributed by atoms with Gasteiger partial charge in [0, 0.05) is 12.8 Å². The van der Waals surface area contributed by atoms with Crippen LogP contribution >= 0.6 is 0 Å². The zero-order valence-corrected chi connectivity index (χ0v) is 23.4. The Labute approximate surface area is 223 Å². The largest absolute Gasteiger partial charge is 0.494 e. The molecule has 4 rings (SSSR count). The van der Waals surface area contributed by atoms with Crippen molar-refractivity contribution < 1.29 is 27.4 Å². The summed E-state index contributed by atoms with van der Waals surface area (Å²) in [6, 6.07) is 5.35. The lowest BCUT2D eigenvalue weighted by molar-refractivity contribution is 0.00382. The third-order valence-corrected chi connectivity index (χ3v) is 8.47. The second-order valence-electron chi connectivity index (χ2n) is 9.52. The number of nitrogens with zero attached hydrogens (tertiary/aromatic N) is 5. The summed E-state index contributed by atoms with van der Waals surface area (Å²) in [4.78, 5) is 8.70. The Bertz CT molecular complexity index is 1310. The maximum Gasteiger partial charge on any atom is 0.167 e. The molecule has 0 spiro atoms. The number of hydrogen-bond donors (Lipinski definition) is 0. The molecule has 3 heterocycles. The monoisotopic (exact) mass is 545 g/mol. The van der Waals surface area contributed by atoms with Crippen LogP contribution in [0.1, 0.15) is 68.9 Å². The van der Waals surface area contributed by atoms with Crippen LogP contribution in [0.25, 0.3) is 5.69 Å². The Hall–Kier alpha value is -3.09. The maximum atomic E-state index is 13.9. The van der Waals surface area contributed by atoms with Crippen molar-refractivity contribution in [3.8, 4) is 17.2 Å². The molecule has 0 saturated carbocycles. The quantitative estimate of drug-likeness (QED) is 0.352. The van der Waals surface area contributed by atoms with E-state index in [-0.39, 0.29) is 18.0 Å². The molecule has 206 valence electrons. The number of aromatic nitrogens is 5. The standard InChI is InChI=1S/C26H35N5O6S/c1-16(2)37-25(19-14-27-17(3)13-28-19)18(4)38(32,33)15-23-29-30-26(22-11-8-12-36-22)31(23)24-20(34-5)9-7-10-21(24)35-6/h7,9-10,13-14,16,18,22,25H,8,11-12,15H2,1-6H3/t18-,22-,25+/m1/s1. The minimum Gasteiger partial charge on any atom is -0.494 e. The first-order chi connectivity index (χ1) is 18.2. The van der Waals surface area contributed by atoms with E-state index in [2.05, 4.69) is 20.2 Å². The van der Waals surface area contributed by atoms with Gasteiger partial charge >= 0.3 is 0 Å². The molecule has 38 heavy (non-hydrogen) atoms. The number of methoxy groups -OCH3 is 2. The Morgan fingerprint density at radius 2 is 1.79 bits per heavy atom. The average molecular weight is 546 g/mol. The summed E-state index contributed by atoms with van der Waals surface area (Å²) in [5.41, 5.74) is 1.70. The number of aryl methyl sites for hydroxylation is 1. The summed E-state index contributed by atoms with van der Waals surface area (Å²) >= 11 is 0. The lowest BCUT2D eigenvalue weighted by Gasteiger charge is -2.26. The first-order valence-electron chi connectivity index (χ1n) is 12.6. The van der Waals surface area contributed by atoms with Crippen molar-refractivity contribution in [2.75, 3.05) is 20.8 Å². The highest BCUT2D eigenvalue weighted by molar-refractivity contribution is 7.91. The number of benzene rings is 1. The lowest BCUT2D eigenvalue weighted by Crippen LogP contribution is -2.31. The minimum atomic E-state index is -3.83. The third kappa shape index (κ3) is 5.82. The van der Waals surface area contributed by atoms with Crippen LogP contribution in [0.3, 0.4) is 0 Å². The van der Waals surface area contributed by atoms with E-state index in [1.807, 2.05) is 20.8 Å². The molecule has 0 bridgehead atoms. The second kappa shape index (κ2) is 11.7. The van der Waals surface area contributed by atoms with Gasteiger partial charge in [0.25, 0.3) is 0 Å². The normalized spacial score (nSPS) is 17.5. The SMILES string of the molecule is COc1cccc(OC)c1-n1c(CS(=O)(=O)[C@H](C)[C@H](OC(C)C)c2cnc(C)cn2)nnc1[C@H]1CCCO1. The molecule has 11 nitrogen and oxygen atoms in total. The zero-order valence-electron chi connectivity index (χ0n) is 22.6. The molecule has 3 atom stereocenters. The van der Waals surface area contributed by atoms with E-state index in [0.717, 1.165) is 18.5 Å². The molecule has 1 aliphatic heterocycles. The van der Waals surface area contributed by atoms with Crippen LogP contribution in [-0.2, 0) is 25.1 Å². The highest BCUT2D eigenvalue weighted by Gasteiger charge is 2.36. The third-order valence-electron chi connectivity index (χ3n) is 6.43. The van der Waals surface area contributed by atoms with E-state index in [1.165, 1.54) is 0 Å². The fourth-order valence-electron chi connectivity index (χ4n) is 4.47. The van der Waals surface area contributed by atoms with Gasteiger partial charge in [-0.25, -0.2) is 8.42 Å². The number of para-hydroxylation sites is 1. The van der Waals surface area contributed by atoms with Gasteiger partial charge in [-0.15, -0.1) is 10.2 Å². The summed E-state index contributed by atoms with van der Waals surface area (Å²) in [5.74, 6) is 1.31. The number of hydrogen-bond acceptors (Lipinski definition) is 10. The van der Waals surface area contributed by atoms with Crippen molar-refractivity contribution in [3.63, 3.8) is 0 Å². The van der Waals surface area contributed by atoms with Gasteiger partial charge in [-0.1, -0.05) is 6.07 Å². The van der Waals surface area contributed by atoms with Crippen molar-refractivity contribution in [2.45, 2.75) is 69.9 Å². The molecule has 3 aromatic rings. The Morgan fingerprint density at radius 3 is 2.34 bits per heavy atom. The summed E-state index contributed by atoms with van der Waals surface area (Å²) in [7, 11) is -0.745. The van der Waals surface area contributed by atoms with Crippen LogP contribution in [0.2, 0.25) is 0 Å². The van der Waals surface area contributed by atoms with Gasteiger partial charge in [0.05, 0.1) is 43.2 Å². The van der Waals surface area contributed by atoms with Crippen LogP contribution in [-0.4, -0.2) is 65.3 Å². The molecule has 0 amide bonds. The molecular weight excluding hydrogens is 510 g/mol. The Balaban J connectivity index is 1.78. The Kier molecular flexibility index (Phi) is 8.64. The van der Waals surface area contributed by atoms with Gasteiger partial charge in [0.2, 0.25) is 0 Å². The zero-order chi connectivity index (χ0) is 27.4. The van der Waals surface area contributed by atoms with Gasteiger partial charge in [-0.2, -0.15) is 0 Å². The predicted octanol–water partition coefficient (Wildman–Crippen LogP) is 3.70. The highest BCUT2D eigenvalue weighted by atomic mass is 32.2. The fourth-order valence-corrected chi connectivity index (χ4v) is 5.86. The van der Waals surface area contributed by atoms with Gasteiger partial charge in [-0.3, -0.25) is 14.5 Å². The van der Waals surface area contributed by atoms with Crippen molar-refractivity contribution in [3.05, 3.63) is 53.6 Å². The molecule has 0 N–H and O–H groups in total. The van der Waals surface area contributed by atoms with E-state index in [1.54, 1.807) is 56.3 Å². The molecule has 0 aliphatic carbocycles. The van der Waals surface area contributed by atoms with Gasteiger partial charge in [0.1, 0.15) is 35.1 Å². The molecule has 1 aliphatic rings. The maximum absolute atomic E-state index is 13.9. The van der Waals surface area contributed by atoms with E-state index >= 15 is 0 Å². The Morgan fingerprint density at radius 1 is 1.08 bits per heavy atom. The van der Waals surface area contributed by atoms with Gasteiger partial charge < -0.3 is 18.9 Å². The fraction of sp³-hybridized carbons (Fsp3) is 0.538. The minimum absolute atomic E-state index is 0.225. The smallest absolute Gasteiger partial charge is 0.167 e. The van der Waals surface area contributed by atoms with E-state index in [4.69, 9.17) is 18.9 Å². The second-order valence-corrected chi connectivity index (χ2v) is 11.9. The number of rotatable bonds is 11. The summed E-state index contributed by atoms with van der Waals surface area (Å²) in [5, 5.41) is 7.78. The lowest BCUT2D eigenvalue weighted by atomic mass is 10.2. The molecule has 12 heteroatoms. The molecule has 1 aromatic carbocycles. The molecular formula is C26H35N5O6S. The first kappa shape index (κ1) is 27.9. The van der Waals surface area contributed by atoms with E-state index in [0.29, 0.717) is 35.3 Å². The summed E-state index contributed by atoms with van der Waals surface area (Å²) in [6.45, 7) is 7.74. The topological polar surface area (TPSA) is 128 Å². The summed E-state index contributed by atoms with van der Waals surface area (Å²) in [6.07, 6.45) is 3.41. The van der Waals surface area contributed by atoms with Gasteiger partial charge in [0.15, 0.2) is 21.5 Å². The van der Waals surface area contributed by atoms with Crippen LogP contribution in [0.5, 0.6) is 11.5 Å². The first-order valence-corrected chi connectivity index (χ1v) is 14.3. The van der Waals surface area contributed by atoms with Crippen LogP contribution < -0.4 is 9.47 Å². The number of sulfone groups is 1. The van der Waals surface area contributed by atoms with Crippen molar-refractivity contribution in [1.29, 1.82) is 0 Å². The van der Waals surface area contributed by atoms with Crippen LogP contribution in [0.15, 0.2) is 30.6 Å².